The number of carbonyl (C=O) groups is 1. The van der Waals surface area contributed by atoms with Crippen LogP contribution in [0.2, 0.25) is 0 Å². The van der Waals surface area contributed by atoms with E-state index >= 15 is 0 Å². The maximum atomic E-state index is 12.0. The van der Waals surface area contributed by atoms with Crippen LogP contribution in [0.1, 0.15) is 30.4 Å². The second-order valence-electron chi connectivity index (χ2n) is 5.26. The number of nitrogens with one attached hydrogen (secondary N) is 1. The number of ether oxygens (including phenoxy) is 1. The molecule has 0 aliphatic heterocycles. The van der Waals surface area contributed by atoms with Gasteiger partial charge in [-0.05, 0) is 37.8 Å². The van der Waals surface area contributed by atoms with E-state index in [0.29, 0.717) is 6.42 Å². The van der Waals surface area contributed by atoms with Crippen LogP contribution in [0.4, 0.5) is 10.5 Å². The van der Waals surface area contributed by atoms with Crippen LogP contribution in [-0.4, -0.2) is 23.0 Å². The fourth-order valence-electron chi connectivity index (χ4n) is 2.45. The maximum Gasteiger partial charge on any atom is 0.411 e. The summed E-state index contributed by atoms with van der Waals surface area (Å²) >= 11 is 12.3. The molecule has 0 heterocycles. The van der Waals surface area contributed by atoms with E-state index in [4.69, 9.17) is 27.9 Å². The van der Waals surface area contributed by atoms with Crippen molar-refractivity contribution in [2.24, 2.45) is 0 Å². The molecular formula is C15H19Cl2NO2. The minimum atomic E-state index is -0.469. The molecule has 20 heavy (non-hydrogen) atoms. The van der Waals surface area contributed by atoms with Crippen molar-refractivity contribution in [2.75, 3.05) is 5.32 Å². The highest BCUT2D eigenvalue weighted by atomic mass is 35.5. The van der Waals surface area contributed by atoms with E-state index in [1.165, 1.54) is 0 Å². The Morgan fingerprint density at radius 1 is 1.25 bits per heavy atom. The molecule has 1 aromatic rings. The van der Waals surface area contributed by atoms with Gasteiger partial charge in [0.25, 0.3) is 0 Å². The molecule has 1 saturated carbocycles. The van der Waals surface area contributed by atoms with E-state index in [9.17, 15) is 4.79 Å². The summed E-state index contributed by atoms with van der Waals surface area (Å²) in [4.78, 5) is 12.0. The molecule has 1 amide bonds. The topological polar surface area (TPSA) is 38.3 Å². The molecule has 2 rings (SSSR count). The van der Waals surface area contributed by atoms with Gasteiger partial charge < -0.3 is 4.74 Å². The van der Waals surface area contributed by atoms with Crippen molar-refractivity contribution < 1.29 is 9.53 Å². The largest absolute Gasteiger partial charge is 0.444 e. The molecule has 5 heteroatoms. The molecule has 0 saturated heterocycles. The van der Waals surface area contributed by atoms with Gasteiger partial charge in [-0.1, -0.05) is 18.2 Å². The number of para-hydroxylation sites is 1. The van der Waals surface area contributed by atoms with Gasteiger partial charge in [0.2, 0.25) is 0 Å². The third kappa shape index (κ3) is 3.80. The lowest BCUT2D eigenvalue weighted by Gasteiger charge is -2.29. The number of halogens is 2. The van der Waals surface area contributed by atoms with Gasteiger partial charge in [-0.3, -0.25) is 5.32 Å². The number of hydrogen-bond donors (Lipinski definition) is 1. The molecule has 0 radical (unpaired) electrons. The van der Waals surface area contributed by atoms with Gasteiger partial charge in [-0.2, -0.15) is 0 Å². The number of amides is 1. The number of hydrogen-bond acceptors (Lipinski definition) is 2. The van der Waals surface area contributed by atoms with Crippen LogP contribution in [-0.2, 0) is 4.74 Å². The highest BCUT2D eigenvalue weighted by molar-refractivity contribution is 6.22. The number of carbonyl (C=O) groups excluding carboxylic acids is 1. The predicted molar refractivity (Wildman–Crippen MR) is 82.9 cm³/mol. The van der Waals surface area contributed by atoms with Gasteiger partial charge in [0.1, 0.15) is 6.10 Å². The molecule has 1 fully saturated rings. The molecule has 3 unspecified atom stereocenters. The first-order valence-electron chi connectivity index (χ1n) is 6.79. The third-order valence-electron chi connectivity index (χ3n) is 3.61. The molecule has 1 aromatic carbocycles. The van der Waals surface area contributed by atoms with E-state index in [1.54, 1.807) is 0 Å². The number of anilines is 1. The fourth-order valence-corrected chi connectivity index (χ4v) is 3.03. The van der Waals surface area contributed by atoms with Crippen LogP contribution in [0.5, 0.6) is 0 Å². The Morgan fingerprint density at radius 3 is 2.55 bits per heavy atom. The van der Waals surface area contributed by atoms with Gasteiger partial charge >= 0.3 is 6.09 Å². The average molecular weight is 316 g/mol. The summed E-state index contributed by atoms with van der Waals surface area (Å²) in [5.74, 6) is 0. The molecule has 1 aliphatic carbocycles. The van der Waals surface area contributed by atoms with Crippen molar-refractivity contribution in [3.05, 3.63) is 29.3 Å². The molecule has 110 valence electrons. The fraction of sp³-hybridized carbons (Fsp3) is 0.533. The highest BCUT2D eigenvalue weighted by Crippen LogP contribution is 2.29. The normalized spacial score (nSPS) is 26.1. The Hall–Kier alpha value is -0.930. The summed E-state index contributed by atoms with van der Waals surface area (Å²) in [6.07, 6.45) is 1.46. The monoisotopic (exact) mass is 315 g/mol. The Morgan fingerprint density at radius 2 is 1.90 bits per heavy atom. The SMILES string of the molecule is Cc1cccc(C)c1NC(=O)OC1CC(Cl)CCC1Cl. The zero-order valence-corrected chi connectivity index (χ0v) is 13.2. The zero-order valence-electron chi connectivity index (χ0n) is 11.7. The van der Waals surface area contributed by atoms with Crippen molar-refractivity contribution in [3.8, 4) is 0 Å². The lowest BCUT2D eigenvalue weighted by Crippen LogP contribution is -2.36. The second-order valence-corrected chi connectivity index (χ2v) is 6.44. The van der Waals surface area contributed by atoms with Gasteiger partial charge in [-0.25, -0.2) is 4.79 Å². The van der Waals surface area contributed by atoms with E-state index in [1.807, 2.05) is 32.0 Å². The Kier molecular flexibility index (Phi) is 5.17. The third-order valence-corrected chi connectivity index (χ3v) is 4.51. The van der Waals surface area contributed by atoms with Crippen LogP contribution in [0, 0.1) is 13.8 Å². The van der Waals surface area contributed by atoms with E-state index in [-0.39, 0.29) is 16.9 Å². The van der Waals surface area contributed by atoms with Crippen LogP contribution >= 0.6 is 23.2 Å². The molecule has 1 aliphatic rings. The van der Waals surface area contributed by atoms with Crippen molar-refractivity contribution >= 4 is 35.0 Å². The molecule has 0 spiro atoms. The Balaban J connectivity index is 1.98. The number of alkyl halides is 2. The number of aryl methyl sites for hydroxylation is 2. The molecule has 0 bridgehead atoms. The molecule has 1 N–H and O–H groups in total. The predicted octanol–water partition coefficient (Wildman–Crippen LogP) is 4.62. The van der Waals surface area contributed by atoms with Gasteiger partial charge in [0.05, 0.1) is 5.38 Å². The van der Waals surface area contributed by atoms with E-state index < -0.39 is 6.09 Å². The zero-order chi connectivity index (χ0) is 14.7. The number of rotatable bonds is 2. The summed E-state index contributed by atoms with van der Waals surface area (Å²) in [6, 6.07) is 5.85. The molecule has 3 atom stereocenters. The Bertz CT molecular complexity index is 473. The average Bonchev–Trinajstić information content (AvgIpc) is 2.38. The number of benzene rings is 1. The van der Waals surface area contributed by atoms with Crippen LogP contribution in [0.15, 0.2) is 18.2 Å². The first-order valence-corrected chi connectivity index (χ1v) is 7.66. The van der Waals surface area contributed by atoms with Gasteiger partial charge in [-0.15, -0.1) is 23.2 Å². The van der Waals surface area contributed by atoms with Crippen molar-refractivity contribution in [3.63, 3.8) is 0 Å². The minimum Gasteiger partial charge on any atom is -0.444 e. The second kappa shape index (κ2) is 6.68. The summed E-state index contributed by atoms with van der Waals surface area (Å²) in [6.45, 7) is 3.89. The lowest BCUT2D eigenvalue weighted by molar-refractivity contribution is 0.0902. The maximum absolute atomic E-state index is 12.0. The standard InChI is InChI=1S/C15H19Cl2NO2/c1-9-4-3-5-10(2)14(9)18-15(19)20-13-8-11(16)6-7-12(13)17/h3-5,11-13H,6-8H2,1-2H3,(H,18,19). The summed E-state index contributed by atoms with van der Waals surface area (Å²) < 4.78 is 5.42. The summed E-state index contributed by atoms with van der Waals surface area (Å²) in [5.41, 5.74) is 2.80. The van der Waals surface area contributed by atoms with Crippen LogP contribution < -0.4 is 5.32 Å². The van der Waals surface area contributed by atoms with Crippen molar-refractivity contribution in [1.82, 2.24) is 0 Å². The van der Waals surface area contributed by atoms with Gasteiger partial charge in [0.15, 0.2) is 0 Å². The smallest absolute Gasteiger partial charge is 0.411 e. The van der Waals surface area contributed by atoms with Crippen molar-refractivity contribution in [2.45, 2.75) is 50.0 Å². The van der Waals surface area contributed by atoms with Crippen LogP contribution in [0.3, 0.4) is 0 Å². The minimum absolute atomic E-state index is 0.0306. The quantitative estimate of drug-likeness (QED) is 0.809. The first-order chi connectivity index (χ1) is 9.47. The summed E-state index contributed by atoms with van der Waals surface area (Å²) in [5, 5.41) is 2.67. The first kappa shape index (κ1) is 15.5. The van der Waals surface area contributed by atoms with Crippen molar-refractivity contribution in [1.29, 1.82) is 0 Å². The van der Waals surface area contributed by atoms with E-state index in [0.717, 1.165) is 29.7 Å². The lowest BCUT2D eigenvalue weighted by atomic mass is 9.97. The van der Waals surface area contributed by atoms with E-state index in [2.05, 4.69) is 5.32 Å². The summed E-state index contributed by atoms with van der Waals surface area (Å²) in [7, 11) is 0. The van der Waals surface area contributed by atoms with Crippen LogP contribution in [0.25, 0.3) is 0 Å². The Labute approximate surface area is 129 Å². The molecule has 3 nitrogen and oxygen atoms in total. The molecular weight excluding hydrogens is 297 g/mol. The highest BCUT2D eigenvalue weighted by Gasteiger charge is 2.31. The molecule has 0 aromatic heterocycles. The van der Waals surface area contributed by atoms with Gasteiger partial charge in [0, 0.05) is 17.5 Å².